The Balaban J connectivity index is 1.65. The van der Waals surface area contributed by atoms with Gasteiger partial charge in [-0.25, -0.2) is 0 Å². The molecule has 150 valence electrons. The van der Waals surface area contributed by atoms with E-state index in [4.69, 9.17) is 14.2 Å². The zero-order valence-electron chi connectivity index (χ0n) is 16.2. The summed E-state index contributed by atoms with van der Waals surface area (Å²) in [6.45, 7) is 1.38. The van der Waals surface area contributed by atoms with Crippen molar-refractivity contribution in [1.82, 2.24) is 20.4 Å². The SMILES string of the molecule is COCCNC(=O)c1cnn2c1C[C@H](NC(=O)c1cc(OC)cc(OC)c1)C2. The molecule has 0 bridgehead atoms. The van der Waals surface area contributed by atoms with Crippen molar-refractivity contribution >= 4 is 11.8 Å². The minimum absolute atomic E-state index is 0.154. The van der Waals surface area contributed by atoms with Gasteiger partial charge < -0.3 is 24.8 Å². The molecule has 3 rings (SSSR count). The van der Waals surface area contributed by atoms with Crippen molar-refractivity contribution in [2.45, 2.75) is 19.0 Å². The summed E-state index contributed by atoms with van der Waals surface area (Å²) < 4.78 is 17.1. The Morgan fingerprint density at radius 2 is 1.86 bits per heavy atom. The highest BCUT2D eigenvalue weighted by Crippen LogP contribution is 2.23. The van der Waals surface area contributed by atoms with Crippen molar-refractivity contribution in [3.63, 3.8) is 0 Å². The Labute approximate surface area is 163 Å². The molecule has 0 unspecified atom stereocenters. The first-order valence-corrected chi connectivity index (χ1v) is 8.91. The molecule has 0 saturated heterocycles. The van der Waals surface area contributed by atoms with E-state index in [1.165, 1.54) is 14.2 Å². The fraction of sp³-hybridized carbons (Fsp3) is 0.421. The first kappa shape index (κ1) is 19.7. The zero-order chi connectivity index (χ0) is 20.1. The first-order valence-electron chi connectivity index (χ1n) is 8.91. The van der Waals surface area contributed by atoms with E-state index in [0.29, 0.717) is 48.7 Å². The van der Waals surface area contributed by atoms with E-state index in [0.717, 1.165) is 5.69 Å². The fourth-order valence-electron chi connectivity index (χ4n) is 3.15. The normalized spacial score (nSPS) is 15.0. The molecule has 0 aliphatic carbocycles. The van der Waals surface area contributed by atoms with Crippen LogP contribution in [0.4, 0.5) is 0 Å². The quantitative estimate of drug-likeness (QED) is 0.643. The maximum Gasteiger partial charge on any atom is 0.254 e. The number of carbonyl (C=O) groups excluding carboxylic acids is 2. The Morgan fingerprint density at radius 3 is 2.50 bits per heavy atom. The van der Waals surface area contributed by atoms with Gasteiger partial charge in [-0.1, -0.05) is 0 Å². The van der Waals surface area contributed by atoms with Crippen LogP contribution in [0.3, 0.4) is 0 Å². The highest BCUT2D eigenvalue weighted by atomic mass is 16.5. The lowest BCUT2D eigenvalue weighted by atomic mass is 10.1. The number of methoxy groups -OCH3 is 3. The average Bonchev–Trinajstić information content (AvgIpc) is 3.27. The van der Waals surface area contributed by atoms with Gasteiger partial charge in [-0.05, 0) is 12.1 Å². The summed E-state index contributed by atoms with van der Waals surface area (Å²) in [6, 6.07) is 4.86. The van der Waals surface area contributed by atoms with E-state index in [9.17, 15) is 9.59 Å². The van der Waals surface area contributed by atoms with E-state index in [2.05, 4.69) is 15.7 Å². The monoisotopic (exact) mass is 388 g/mol. The van der Waals surface area contributed by atoms with Crippen molar-refractivity contribution in [2.24, 2.45) is 0 Å². The van der Waals surface area contributed by atoms with Crippen LogP contribution in [0, 0.1) is 0 Å². The number of rotatable bonds is 8. The molecule has 28 heavy (non-hydrogen) atoms. The molecule has 1 aliphatic rings. The number of fused-ring (bicyclic) bond motifs is 1. The molecule has 1 aliphatic heterocycles. The standard InChI is InChI=1S/C19H24N4O5/c1-26-5-4-20-19(25)16-10-21-23-11-13(8-17(16)23)22-18(24)12-6-14(27-2)9-15(7-12)28-3/h6-7,9-10,13H,4-5,8,11H2,1-3H3,(H,20,25)(H,22,24)/t13-/m0/s1. The summed E-state index contributed by atoms with van der Waals surface area (Å²) >= 11 is 0. The lowest BCUT2D eigenvalue weighted by Crippen LogP contribution is -2.36. The van der Waals surface area contributed by atoms with Crippen molar-refractivity contribution in [1.29, 1.82) is 0 Å². The van der Waals surface area contributed by atoms with Crippen LogP contribution in [0.1, 0.15) is 26.4 Å². The third-order valence-corrected chi connectivity index (χ3v) is 4.57. The van der Waals surface area contributed by atoms with Gasteiger partial charge in [0.25, 0.3) is 11.8 Å². The highest BCUT2D eigenvalue weighted by Gasteiger charge is 2.29. The van der Waals surface area contributed by atoms with Crippen LogP contribution < -0.4 is 20.1 Å². The second-order valence-corrected chi connectivity index (χ2v) is 6.41. The lowest BCUT2D eigenvalue weighted by molar-refractivity contribution is 0.0931. The number of hydrogen-bond acceptors (Lipinski definition) is 6. The third kappa shape index (κ3) is 4.25. The summed E-state index contributed by atoms with van der Waals surface area (Å²) in [5, 5.41) is 10.0. The average molecular weight is 388 g/mol. The van der Waals surface area contributed by atoms with Gasteiger partial charge in [0.05, 0.1) is 50.9 Å². The largest absolute Gasteiger partial charge is 0.497 e. The molecule has 9 nitrogen and oxygen atoms in total. The molecule has 0 saturated carbocycles. The lowest BCUT2D eigenvalue weighted by Gasteiger charge is -2.13. The van der Waals surface area contributed by atoms with Gasteiger partial charge >= 0.3 is 0 Å². The number of ether oxygens (including phenoxy) is 3. The van der Waals surface area contributed by atoms with Gasteiger partial charge in [-0.2, -0.15) is 5.10 Å². The van der Waals surface area contributed by atoms with E-state index in [-0.39, 0.29) is 17.9 Å². The van der Waals surface area contributed by atoms with Crippen LogP contribution in [0.5, 0.6) is 11.5 Å². The van der Waals surface area contributed by atoms with E-state index >= 15 is 0 Å². The summed E-state index contributed by atoms with van der Waals surface area (Å²) in [5.74, 6) is 0.652. The fourth-order valence-corrected chi connectivity index (χ4v) is 3.15. The Kier molecular flexibility index (Phi) is 6.15. The van der Waals surface area contributed by atoms with Gasteiger partial charge in [0.1, 0.15) is 11.5 Å². The van der Waals surface area contributed by atoms with Crippen molar-refractivity contribution in [2.75, 3.05) is 34.5 Å². The van der Waals surface area contributed by atoms with Crippen LogP contribution in [-0.4, -0.2) is 62.1 Å². The smallest absolute Gasteiger partial charge is 0.254 e. The van der Waals surface area contributed by atoms with Gasteiger partial charge in [0.2, 0.25) is 0 Å². The van der Waals surface area contributed by atoms with Gasteiger partial charge in [0.15, 0.2) is 0 Å². The van der Waals surface area contributed by atoms with E-state index < -0.39 is 0 Å². The summed E-state index contributed by atoms with van der Waals surface area (Å²) in [6.07, 6.45) is 2.09. The molecule has 2 aromatic rings. The number of hydrogen-bond donors (Lipinski definition) is 2. The molecule has 0 fully saturated rings. The molecule has 1 aromatic heterocycles. The second kappa shape index (κ2) is 8.75. The van der Waals surface area contributed by atoms with Crippen molar-refractivity contribution < 1.29 is 23.8 Å². The number of carbonyl (C=O) groups is 2. The van der Waals surface area contributed by atoms with Crippen LogP contribution >= 0.6 is 0 Å². The third-order valence-electron chi connectivity index (χ3n) is 4.57. The molecule has 1 aromatic carbocycles. The molecule has 2 heterocycles. The van der Waals surface area contributed by atoms with Gasteiger partial charge in [0, 0.05) is 31.7 Å². The molecular formula is C19H24N4O5. The molecule has 2 amide bonds. The minimum atomic E-state index is -0.237. The predicted molar refractivity (Wildman–Crippen MR) is 101 cm³/mol. The molecule has 2 N–H and O–H groups in total. The Morgan fingerprint density at radius 1 is 1.14 bits per heavy atom. The van der Waals surface area contributed by atoms with Gasteiger partial charge in [-0.3, -0.25) is 14.3 Å². The molecular weight excluding hydrogens is 364 g/mol. The Bertz CT molecular complexity index is 842. The molecule has 0 spiro atoms. The maximum absolute atomic E-state index is 12.7. The minimum Gasteiger partial charge on any atom is -0.497 e. The number of nitrogens with one attached hydrogen (secondary N) is 2. The molecule has 0 radical (unpaired) electrons. The zero-order valence-corrected chi connectivity index (χ0v) is 16.2. The second-order valence-electron chi connectivity index (χ2n) is 6.41. The van der Waals surface area contributed by atoms with Crippen LogP contribution in [-0.2, 0) is 17.7 Å². The van der Waals surface area contributed by atoms with Crippen molar-refractivity contribution in [3.05, 3.63) is 41.2 Å². The van der Waals surface area contributed by atoms with Crippen LogP contribution in [0.25, 0.3) is 0 Å². The number of nitrogens with zero attached hydrogens (tertiary/aromatic N) is 2. The predicted octanol–water partition coefficient (Wildman–Crippen LogP) is 0.631. The topological polar surface area (TPSA) is 104 Å². The summed E-state index contributed by atoms with van der Waals surface area (Å²) in [5.41, 5.74) is 1.78. The van der Waals surface area contributed by atoms with Crippen molar-refractivity contribution in [3.8, 4) is 11.5 Å². The Hall–Kier alpha value is -3.07. The van der Waals surface area contributed by atoms with Gasteiger partial charge in [-0.15, -0.1) is 0 Å². The number of aromatic nitrogens is 2. The van der Waals surface area contributed by atoms with Crippen LogP contribution in [0.15, 0.2) is 24.4 Å². The van der Waals surface area contributed by atoms with Crippen LogP contribution in [0.2, 0.25) is 0 Å². The maximum atomic E-state index is 12.7. The molecule has 1 atom stereocenters. The molecule has 9 heteroatoms. The van der Waals surface area contributed by atoms with E-state index in [1.54, 1.807) is 36.2 Å². The highest BCUT2D eigenvalue weighted by molar-refractivity contribution is 5.96. The number of amides is 2. The number of benzene rings is 1. The summed E-state index contributed by atoms with van der Waals surface area (Å²) in [4.78, 5) is 25.0. The first-order chi connectivity index (χ1) is 13.5. The van der Waals surface area contributed by atoms with E-state index in [1.807, 2.05) is 0 Å². The summed E-state index contributed by atoms with van der Waals surface area (Å²) in [7, 11) is 4.64.